The lowest BCUT2D eigenvalue weighted by Crippen LogP contribution is -2.51. The highest BCUT2D eigenvalue weighted by molar-refractivity contribution is 9.11. The SMILES string of the molecule is CSC1(C(N)=NO)CCN(C(=O)c2csc(Br)c2)CC1. The van der Waals surface area contributed by atoms with Gasteiger partial charge in [-0.3, -0.25) is 4.79 Å². The van der Waals surface area contributed by atoms with Crippen molar-refractivity contribution in [3.8, 4) is 0 Å². The van der Waals surface area contributed by atoms with Crippen LogP contribution in [0.5, 0.6) is 0 Å². The van der Waals surface area contributed by atoms with Crippen LogP contribution in [-0.2, 0) is 0 Å². The van der Waals surface area contributed by atoms with Gasteiger partial charge in [-0.25, -0.2) is 0 Å². The third-order valence-corrected chi connectivity index (χ3v) is 6.54. The van der Waals surface area contributed by atoms with Gasteiger partial charge < -0.3 is 15.8 Å². The molecule has 0 aromatic carbocycles. The molecule has 1 aromatic heterocycles. The zero-order chi connectivity index (χ0) is 14.8. The average molecular weight is 378 g/mol. The van der Waals surface area contributed by atoms with Crippen LogP contribution < -0.4 is 5.73 Å². The summed E-state index contributed by atoms with van der Waals surface area (Å²) in [6.07, 6.45) is 3.34. The second-order valence-electron chi connectivity index (χ2n) is 4.62. The Bertz CT molecular complexity index is 525. The molecule has 0 unspecified atom stereocenters. The van der Waals surface area contributed by atoms with Crippen LogP contribution in [0.4, 0.5) is 0 Å². The van der Waals surface area contributed by atoms with Gasteiger partial charge in [0, 0.05) is 18.5 Å². The topological polar surface area (TPSA) is 78.9 Å². The maximum absolute atomic E-state index is 12.3. The normalized spacial score (nSPS) is 19.1. The number of likely N-dealkylation sites (tertiary alicyclic amines) is 1. The van der Waals surface area contributed by atoms with Gasteiger partial charge in [-0.1, -0.05) is 5.16 Å². The van der Waals surface area contributed by atoms with Crippen LogP contribution in [0, 0.1) is 0 Å². The molecule has 3 N–H and O–H groups in total. The number of hydrogen-bond donors (Lipinski definition) is 2. The van der Waals surface area contributed by atoms with Gasteiger partial charge in [0.05, 0.1) is 14.1 Å². The van der Waals surface area contributed by atoms with E-state index in [1.165, 1.54) is 11.3 Å². The number of piperidine rings is 1. The third-order valence-electron chi connectivity index (χ3n) is 3.64. The minimum atomic E-state index is -0.360. The molecule has 20 heavy (non-hydrogen) atoms. The molecule has 2 rings (SSSR count). The Hall–Kier alpha value is -0.730. The highest BCUT2D eigenvalue weighted by atomic mass is 79.9. The van der Waals surface area contributed by atoms with E-state index < -0.39 is 0 Å². The number of thioether (sulfide) groups is 1. The number of thiophene rings is 1. The van der Waals surface area contributed by atoms with Crippen LogP contribution in [0.15, 0.2) is 20.4 Å². The van der Waals surface area contributed by atoms with Gasteiger partial charge in [0.1, 0.15) is 0 Å². The zero-order valence-corrected chi connectivity index (χ0v) is 14.2. The molecule has 0 spiro atoms. The molecule has 0 aliphatic carbocycles. The van der Waals surface area contributed by atoms with Gasteiger partial charge in [0.25, 0.3) is 5.91 Å². The number of amides is 1. The molecule has 0 radical (unpaired) electrons. The van der Waals surface area contributed by atoms with Crippen molar-refractivity contribution in [1.82, 2.24) is 4.90 Å². The lowest BCUT2D eigenvalue weighted by molar-refractivity contribution is 0.0718. The Morgan fingerprint density at radius 2 is 2.25 bits per heavy atom. The Balaban J connectivity index is 2.06. The number of oxime groups is 1. The molecule has 1 aliphatic rings. The maximum atomic E-state index is 12.3. The molecular formula is C12H16BrN3O2S2. The summed E-state index contributed by atoms with van der Waals surface area (Å²) in [4.78, 5) is 14.2. The molecule has 0 bridgehead atoms. The molecule has 8 heteroatoms. The second kappa shape index (κ2) is 6.36. The lowest BCUT2D eigenvalue weighted by atomic mass is 9.94. The van der Waals surface area contributed by atoms with Crippen LogP contribution >= 0.6 is 39.0 Å². The number of carbonyl (C=O) groups is 1. The van der Waals surface area contributed by atoms with Crippen molar-refractivity contribution in [2.75, 3.05) is 19.3 Å². The first kappa shape index (κ1) is 15.7. The summed E-state index contributed by atoms with van der Waals surface area (Å²) in [6.45, 7) is 1.23. The number of amidine groups is 1. The minimum absolute atomic E-state index is 0.0427. The van der Waals surface area contributed by atoms with E-state index >= 15 is 0 Å². The quantitative estimate of drug-likeness (QED) is 0.367. The molecule has 1 aromatic rings. The van der Waals surface area contributed by atoms with E-state index in [4.69, 9.17) is 10.9 Å². The molecule has 1 fully saturated rings. The largest absolute Gasteiger partial charge is 0.409 e. The van der Waals surface area contributed by atoms with Crippen molar-refractivity contribution in [3.05, 3.63) is 20.8 Å². The van der Waals surface area contributed by atoms with Crippen molar-refractivity contribution in [3.63, 3.8) is 0 Å². The van der Waals surface area contributed by atoms with E-state index in [0.29, 0.717) is 31.5 Å². The fraction of sp³-hybridized carbons (Fsp3) is 0.500. The molecule has 0 saturated carbocycles. The summed E-state index contributed by atoms with van der Waals surface area (Å²) in [5, 5.41) is 13.9. The van der Waals surface area contributed by atoms with E-state index in [1.54, 1.807) is 11.8 Å². The Labute approximate surface area is 134 Å². The van der Waals surface area contributed by atoms with Gasteiger partial charge in [-0.2, -0.15) is 11.8 Å². The average Bonchev–Trinajstić information content (AvgIpc) is 2.92. The fourth-order valence-corrected chi connectivity index (χ4v) is 4.30. The van der Waals surface area contributed by atoms with E-state index in [-0.39, 0.29) is 16.5 Å². The predicted octanol–water partition coefficient (Wildman–Crippen LogP) is 2.59. The van der Waals surface area contributed by atoms with Crippen LogP contribution in [-0.4, -0.2) is 45.9 Å². The summed E-state index contributed by atoms with van der Waals surface area (Å²) < 4.78 is 0.591. The smallest absolute Gasteiger partial charge is 0.254 e. The van der Waals surface area contributed by atoms with Crippen LogP contribution in [0.2, 0.25) is 0 Å². The predicted molar refractivity (Wildman–Crippen MR) is 86.8 cm³/mol. The first-order valence-electron chi connectivity index (χ1n) is 6.09. The number of nitrogens with two attached hydrogens (primary N) is 1. The highest BCUT2D eigenvalue weighted by Gasteiger charge is 2.39. The zero-order valence-electron chi connectivity index (χ0n) is 11.0. The summed E-state index contributed by atoms with van der Waals surface area (Å²) in [7, 11) is 0. The molecule has 110 valence electrons. The van der Waals surface area contributed by atoms with Gasteiger partial charge >= 0.3 is 0 Å². The first-order chi connectivity index (χ1) is 9.52. The molecule has 1 amide bonds. The Morgan fingerprint density at radius 1 is 1.60 bits per heavy atom. The fourth-order valence-electron chi connectivity index (χ4n) is 2.33. The summed E-state index contributed by atoms with van der Waals surface area (Å²) in [5.74, 6) is 0.288. The molecule has 5 nitrogen and oxygen atoms in total. The van der Waals surface area contributed by atoms with Crippen molar-refractivity contribution < 1.29 is 10.0 Å². The van der Waals surface area contributed by atoms with Crippen molar-refractivity contribution >= 4 is 50.8 Å². The van der Waals surface area contributed by atoms with Gasteiger partial charge in [0.2, 0.25) is 0 Å². The van der Waals surface area contributed by atoms with Crippen LogP contribution in [0.1, 0.15) is 23.2 Å². The third kappa shape index (κ3) is 2.96. The molecule has 1 aliphatic heterocycles. The number of rotatable bonds is 3. The van der Waals surface area contributed by atoms with Crippen molar-refractivity contribution in [2.24, 2.45) is 10.9 Å². The molecule has 2 heterocycles. The van der Waals surface area contributed by atoms with Crippen LogP contribution in [0.3, 0.4) is 0 Å². The number of hydrogen-bond acceptors (Lipinski definition) is 5. The standard InChI is InChI=1S/C12H16BrN3O2S2/c1-19-12(11(14)15-18)2-4-16(5-3-12)10(17)8-6-9(13)20-7-8/h6-7,18H,2-5H2,1H3,(H2,14,15). The summed E-state index contributed by atoms with van der Waals surface area (Å²) in [5.41, 5.74) is 6.51. The minimum Gasteiger partial charge on any atom is -0.409 e. The van der Waals surface area contributed by atoms with Crippen LogP contribution in [0.25, 0.3) is 0 Å². The number of nitrogens with zero attached hydrogens (tertiary/aromatic N) is 2. The maximum Gasteiger partial charge on any atom is 0.254 e. The Morgan fingerprint density at radius 3 is 2.70 bits per heavy atom. The lowest BCUT2D eigenvalue weighted by Gasteiger charge is -2.39. The number of carbonyl (C=O) groups excluding carboxylic acids is 1. The Kier molecular flexibility index (Phi) is 4.98. The monoisotopic (exact) mass is 377 g/mol. The second-order valence-corrected chi connectivity index (χ2v) is 8.10. The summed E-state index contributed by atoms with van der Waals surface area (Å²) >= 11 is 6.45. The molecule has 0 atom stereocenters. The van der Waals surface area contributed by atoms with E-state index in [1.807, 2.05) is 22.6 Å². The molecule has 1 saturated heterocycles. The van der Waals surface area contributed by atoms with E-state index in [0.717, 1.165) is 3.79 Å². The van der Waals surface area contributed by atoms with E-state index in [2.05, 4.69) is 21.1 Å². The summed E-state index contributed by atoms with van der Waals surface area (Å²) in [6, 6.07) is 1.84. The van der Waals surface area contributed by atoms with Crippen molar-refractivity contribution in [2.45, 2.75) is 17.6 Å². The molecular weight excluding hydrogens is 362 g/mol. The van der Waals surface area contributed by atoms with Gasteiger partial charge in [-0.05, 0) is 41.1 Å². The van der Waals surface area contributed by atoms with Gasteiger partial charge in [-0.15, -0.1) is 11.3 Å². The number of halogens is 1. The van der Waals surface area contributed by atoms with Gasteiger partial charge in [0.15, 0.2) is 5.84 Å². The first-order valence-corrected chi connectivity index (χ1v) is 8.98. The van der Waals surface area contributed by atoms with E-state index in [9.17, 15) is 4.79 Å². The highest BCUT2D eigenvalue weighted by Crippen LogP contribution is 2.35. The van der Waals surface area contributed by atoms with Crippen molar-refractivity contribution in [1.29, 1.82) is 0 Å².